The first-order chi connectivity index (χ1) is 20.5. The molecule has 6 heterocycles. The number of fused-ring (bicyclic) bond motifs is 2. The Hall–Kier alpha value is -4.42. The van der Waals surface area contributed by atoms with Gasteiger partial charge in [0.25, 0.3) is 0 Å². The highest BCUT2D eigenvalue weighted by Crippen LogP contribution is 2.33. The second-order valence-corrected chi connectivity index (χ2v) is 9.37. The van der Waals surface area contributed by atoms with Gasteiger partial charge >= 0.3 is 12.0 Å². The fourth-order valence-electron chi connectivity index (χ4n) is 4.61. The molecule has 0 radical (unpaired) electrons. The second kappa shape index (κ2) is 11.7. The summed E-state index contributed by atoms with van der Waals surface area (Å²) >= 11 is 0. The molecule has 0 bridgehead atoms. The van der Waals surface area contributed by atoms with E-state index in [2.05, 4.69) is 29.9 Å². The van der Waals surface area contributed by atoms with Crippen LogP contribution >= 0.6 is 0 Å². The number of aromatic nitrogens is 8. The molecule has 22 heteroatoms. The average molecular weight is 610 g/mol. The molecule has 2 saturated heterocycles. The van der Waals surface area contributed by atoms with Crippen LogP contribution in [-0.2, 0) is 9.47 Å². The van der Waals surface area contributed by atoms with Crippen LogP contribution in [0.5, 0.6) is 6.01 Å². The number of methoxy groups -OCH3 is 1. The van der Waals surface area contributed by atoms with Gasteiger partial charge in [-0.05, 0) is 14.9 Å². The number of nitrogens with two attached hydrogens (primary N) is 2. The maximum Gasteiger partial charge on any atom is 0.473 e. The number of imidazole rings is 2. The number of nitrogens with zero attached hydrogens (tertiary/aromatic N) is 9. The highest BCUT2D eigenvalue weighted by atomic mass is 16.6. The molecule has 0 saturated carbocycles. The molecule has 0 aliphatic carbocycles. The van der Waals surface area contributed by atoms with E-state index in [9.17, 15) is 30.5 Å². The lowest BCUT2D eigenvalue weighted by Crippen LogP contribution is -2.33. The van der Waals surface area contributed by atoms with Crippen LogP contribution < -0.4 is 16.2 Å². The summed E-state index contributed by atoms with van der Waals surface area (Å²) in [6.45, 7) is -0.916. The van der Waals surface area contributed by atoms with Crippen LogP contribution in [0, 0.1) is 10.1 Å². The van der Waals surface area contributed by atoms with Crippen LogP contribution in [0.1, 0.15) is 12.5 Å². The van der Waals surface area contributed by atoms with Crippen molar-refractivity contribution >= 4 is 39.9 Å². The Labute approximate surface area is 238 Å². The average Bonchev–Trinajstić information content (AvgIpc) is 3.74. The number of rotatable bonds is 6. The molecule has 10 N–H and O–H groups in total. The third-order valence-electron chi connectivity index (χ3n) is 6.79. The van der Waals surface area contributed by atoms with Gasteiger partial charge in [0.2, 0.25) is 11.5 Å². The number of hydrogen-bond acceptors (Lipinski definition) is 19. The van der Waals surface area contributed by atoms with E-state index in [-0.39, 0.29) is 28.8 Å². The fourth-order valence-corrected chi connectivity index (χ4v) is 4.61. The molecule has 4 aromatic heterocycles. The molecule has 8 atom stereocenters. The van der Waals surface area contributed by atoms with E-state index in [4.69, 9.17) is 35.9 Å². The summed E-state index contributed by atoms with van der Waals surface area (Å²) in [5.41, 5.74) is 12.1. The molecule has 0 amide bonds. The Morgan fingerprint density at radius 2 is 1.30 bits per heavy atom. The molecule has 0 unspecified atom stereocenters. The zero-order valence-corrected chi connectivity index (χ0v) is 22.1. The van der Waals surface area contributed by atoms with Crippen LogP contribution in [0.2, 0.25) is 0 Å². The van der Waals surface area contributed by atoms with Gasteiger partial charge in [-0.1, -0.05) is 0 Å². The summed E-state index contributed by atoms with van der Waals surface area (Å²) in [7, 11) is 1.40. The van der Waals surface area contributed by atoms with Gasteiger partial charge in [-0.2, -0.15) is 9.97 Å². The Bertz CT molecular complexity index is 1630. The van der Waals surface area contributed by atoms with Crippen molar-refractivity contribution in [3.63, 3.8) is 0 Å². The van der Waals surface area contributed by atoms with Gasteiger partial charge in [-0.25, -0.2) is 9.97 Å². The molecular formula is C21H27N11O11. The van der Waals surface area contributed by atoms with E-state index < -0.39 is 73.2 Å². The number of hydrogen-bond donors (Lipinski definition) is 8. The molecule has 0 aromatic carbocycles. The van der Waals surface area contributed by atoms with Crippen molar-refractivity contribution in [3.8, 4) is 6.01 Å². The number of anilines is 2. The van der Waals surface area contributed by atoms with Crippen molar-refractivity contribution in [2.45, 2.75) is 49.1 Å². The van der Waals surface area contributed by atoms with Gasteiger partial charge in [0.05, 0.1) is 26.7 Å². The van der Waals surface area contributed by atoms with Crippen LogP contribution in [0.4, 0.5) is 17.6 Å². The molecule has 0 spiro atoms. The predicted molar refractivity (Wildman–Crippen MR) is 139 cm³/mol. The summed E-state index contributed by atoms with van der Waals surface area (Å²) < 4.78 is 18.3. The molecule has 6 rings (SSSR count). The van der Waals surface area contributed by atoms with Gasteiger partial charge in [0, 0.05) is 0 Å². The summed E-state index contributed by atoms with van der Waals surface area (Å²) in [6.07, 6.45) is -6.50. The molecule has 2 fully saturated rings. The Morgan fingerprint density at radius 1 is 0.837 bits per heavy atom. The minimum Gasteiger partial charge on any atom is -0.467 e. The Morgan fingerprint density at radius 3 is 1.72 bits per heavy atom. The highest BCUT2D eigenvalue weighted by molar-refractivity contribution is 5.83. The minimum atomic E-state index is -1.37. The third-order valence-corrected chi connectivity index (χ3v) is 6.79. The first-order valence-electron chi connectivity index (χ1n) is 12.4. The lowest BCUT2D eigenvalue weighted by Gasteiger charge is -2.16. The largest absolute Gasteiger partial charge is 0.473 e. The van der Waals surface area contributed by atoms with Crippen molar-refractivity contribution in [1.29, 1.82) is 0 Å². The molecule has 2 aliphatic heterocycles. The smallest absolute Gasteiger partial charge is 0.467 e. The van der Waals surface area contributed by atoms with Gasteiger partial charge < -0.3 is 66.4 Å². The van der Waals surface area contributed by atoms with Crippen LogP contribution in [0.15, 0.2) is 12.7 Å². The maximum atomic E-state index is 10.8. The summed E-state index contributed by atoms with van der Waals surface area (Å²) in [4.78, 5) is 33.2. The van der Waals surface area contributed by atoms with Gasteiger partial charge in [0.1, 0.15) is 43.0 Å². The van der Waals surface area contributed by atoms with Crippen molar-refractivity contribution in [3.05, 3.63) is 22.8 Å². The normalized spacial score (nSPS) is 28.7. The topological polar surface area (TPSA) is 331 Å². The number of aliphatic hydroxyl groups is 6. The summed E-state index contributed by atoms with van der Waals surface area (Å²) in [5, 5.41) is 68.6. The van der Waals surface area contributed by atoms with E-state index in [0.717, 1.165) is 0 Å². The fraction of sp³-hybridized carbons (Fsp3) is 0.524. The number of aliphatic hydroxyl groups excluding tert-OH is 6. The number of ether oxygens (including phenoxy) is 3. The molecule has 232 valence electrons. The lowest BCUT2D eigenvalue weighted by atomic mass is 10.1. The van der Waals surface area contributed by atoms with Gasteiger partial charge in [-0.15, -0.1) is 0 Å². The Balaban J connectivity index is 0.000000171. The van der Waals surface area contributed by atoms with E-state index in [1.807, 2.05) is 0 Å². The van der Waals surface area contributed by atoms with E-state index in [0.29, 0.717) is 11.2 Å². The molecule has 43 heavy (non-hydrogen) atoms. The van der Waals surface area contributed by atoms with Crippen molar-refractivity contribution in [2.24, 2.45) is 0 Å². The third kappa shape index (κ3) is 5.21. The van der Waals surface area contributed by atoms with Crippen molar-refractivity contribution < 1.29 is 49.8 Å². The molecule has 22 nitrogen and oxygen atoms in total. The van der Waals surface area contributed by atoms with E-state index in [1.54, 1.807) is 0 Å². The first-order valence-corrected chi connectivity index (χ1v) is 12.4. The van der Waals surface area contributed by atoms with Gasteiger partial charge in [0.15, 0.2) is 35.0 Å². The lowest BCUT2D eigenvalue weighted by molar-refractivity contribution is -0.394. The number of nitrogen functional groups attached to an aromatic ring is 2. The monoisotopic (exact) mass is 609 g/mol. The van der Waals surface area contributed by atoms with E-state index >= 15 is 0 Å². The predicted octanol–water partition coefficient (Wildman–Crippen LogP) is -4.04. The highest BCUT2D eigenvalue weighted by Gasteiger charge is 2.45. The summed E-state index contributed by atoms with van der Waals surface area (Å²) in [6, 6.07) is 0.0495. The van der Waals surface area contributed by atoms with Gasteiger partial charge in [-0.3, -0.25) is 9.13 Å². The summed E-state index contributed by atoms with van der Waals surface area (Å²) in [5.74, 6) is -0.789. The minimum absolute atomic E-state index is 0.0194. The van der Waals surface area contributed by atoms with Crippen molar-refractivity contribution in [2.75, 3.05) is 31.8 Å². The van der Waals surface area contributed by atoms with Crippen LogP contribution in [-0.4, -0.2) is 132 Å². The SMILES string of the molecule is COc1nc(N)c2ncn([C@@H]3O[C@H](CO)[C@@H](O)[C@H]3O)c2n1.Nc1nc([N+](=O)[O-])nc2c1ncn2[C@@H]1O[C@H](CO)[C@@H](O)[C@H]1O. The quantitative estimate of drug-likeness (QED) is 0.0761. The van der Waals surface area contributed by atoms with Crippen LogP contribution in [0.3, 0.4) is 0 Å². The standard InChI is InChI=1S/C11H15N5O5.C10H12N6O6/c1-20-11-14-8(12)5-9(15-11)16(3-13-5)10-7(19)6(18)4(2-17)21-10;11-7-4-8(14-10(13-7)16(20)21)15(2-12-4)9-6(19)5(18)3(1-17)22-9/h3-4,6-7,10,17-19H,2H2,1H3,(H2,12,14,15);2-3,5-6,9,17-19H,1H2,(H2,11,13,14)/t4-,6-,7-,10-;3-,5-,6-,9-/m11/s1. The Kier molecular flexibility index (Phi) is 8.17. The zero-order chi connectivity index (χ0) is 31.2. The first kappa shape index (κ1) is 30.1. The molecule has 2 aliphatic rings. The molecular weight excluding hydrogens is 582 g/mol. The van der Waals surface area contributed by atoms with Crippen molar-refractivity contribution in [1.82, 2.24) is 39.0 Å². The second-order valence-electron chi connectivity index (χ2n) is 9.37. The zero-order valence-electron chi connectivity index (χ0n) is 22.1. The molecule has 4 aromatic rings. The van der Waals surface area contributed by atoms with Crippen LogP contribution in [0.25, 0.3) is 22.3 Å². The maximum absolute atomic E-state index is 10.8. The van der Waals surface area contributed by atoms with E-state index in [1.165, 1.54) is 28.9 Å². The number of nitro groups is 1.